The smallest absolute Gasteiger partial charge is 0.313 e. The maximum absolute atomic E-state index is 12.3. The Morgan fingerprint density at radius 3 is 1.77 bits per heavy atom. The number of rotatable bonds is 6. The number of carbonyl (C=O) groups excluding carboxylic acids is 2. The van der Waals surface area contributed by atoms with Gasteiger partial charge in [0.2, 0.25) is 0 Å². The number of ether oxygens (including phenoxy) is 3. The first kappa shape index (κ1) is 18.2. The molecule has 0 fully saturated rings. The summed E-state index contributed by atoms with van der Waals surface area (Å²) >= 11 is 0. The van der Waals surface area contributed by atoms with Gasteiger partial charge in [0.15, 0.2) is 0 Å². The van der Waals surface area contributed by atoms with Gasteiger partial charge >= 0.3 is 11.9 Å². The summed E-state index contributed by atoms with van der Waals surface area (Å²) in [4.78, 5) is 24.6. The molecule has 0 heterocycles. The lowest BCUT2D eigenvalue weighted by Gasteiger charge is -2.32. The predicted molar refractivity (Wildman–Crippen MR) is 86.9 cm³/mol. The number of esters is 2. The van der Waals surface area contributed by atoms with Gasteiger partial charge in [0.25, 0.3) is 0 Å². The average Bonchev–Trinajstić information content (AvgIpc) is 2.50. The quantitative estimate of drug-likeness (QED) is 0.595. The van der Waals surface area contributed by atoms with Crippen molar-refractivity contribution in [2.45, 2.75) is 31.1 Å². The van der Waals surface area contributed by atoms with Gasteiger partial charge in [0.05, 0.1) is 40.9 Å². The van der Waals surface area contributed by atoms with Crippen molar-refractivity contribution in [2.24, 2.45) is 0 Å². The van der Waals surface area contributed by atoms with E-state index in [2.05, 4.69) is 0 Å². The van der Waals surface area contributed by atoms with Gasteiger partial charge < -0.3 is 14.2 Å². The molecule has 0 aromatic heterocycles. The summed E-state index contributed by atoms with van der Waals surface area (Å²) in [5, 5.41) is 0. The first-order chi connectivity index (χ1) is 10.3. The first-order valence-corrected chi connectivity index (χ1v) is 10.6. The number of hydrogen-bond acceptors (Lipinski definition) is 5. The molecule has 22 heavy (non-hydrogen) atoms. The minimum absolute atomic E-state index is 0.370. The SMILES string of the molecule is COC(=O)[C@@H](c1ccc(OC)cc1)[C@H](C(=O)OC)[Si](C)(C)C. The van der Waals surface area contributed by atoms with E-state index in [0.29, 0.717) is 5.75 Å². The molecule has 0 saturated carbocycles. The monoisotopic (exact) mass is 324 g/mol. The fraction of sp³-hybridized carbons (Fsp3) is 0.500. The van der Waals surface area contributed by atoms with E-state index in [-0.39, 0.29) is 5.97 Å². The van der Waals surface area contributed by atoms with Crippen LogP contribution in [0.4, 0.5) is 0 Å². The zero-order chi connectivity index (χ0) is 16.9. The van der Waals surface area contributed by atoms with Crippen LogP contribution in [0.15, 0.2) is 24.3 Å². The van der Waals surface area contributed by atoms with Gasteiger partial charge in [-0.2, -0.15) is 0 Å². The van der Waals surface area contributed by atoms with Gasteiger partial charge in [0.1, 0.15) is 5.75 Å². The number of benzene rings is 1. The molecule has 2 atom stereocenters. The second-order valence-electron chi connectivity index (χ2n) is 6.14. The summed E-state index contributed by atoms with van der Waals surface area (Å²) in [5.41, 5.74) is 0.212. The molecule has 1 aromatic rings. The maximum atomic E-state index is 12.3. The first-order valence-electron chi connectivity index (χ1n) is 7.05. The van der Waals surface area contributed by atoms with E-state index in [0.717, 1.165) is 5.56 Å². The molecule has 5 nitrogen and oxygen atoms in total. The third kappa shape index (κ3) is 4.10. The van der Waals surface area contributed by atoms with Gasteiger partial charge in [-0.05, 0) is 17.7 Å². The van der Waals surface area contributed by atoms with Crippen LogP contribution in [0.25, 0.3) is 0 Å². The minimum atomic E-state index is -2.02. The van der Waals surface area contributed by atoms with Crippen LogP contribution in [0.5, 0.6) is 5.75 Å². The summed E-state index contributed by atoms with van der Waals surface area (Å²) in [6.07, 6.45) is 0. The van der Waals surface area contributed by atoms with Crippen molar-refractivity contribution < 1.29 is 23.8 Å². The van der Waals surface area contributed by atoms with Crippen molar-refractivity contribution in [2.75, 3.05) is 21.3 Å². The molecule has 0 aliphatic heterocycles. The Balaban J connectivity index is 3.35. The van der Waals surface area contributed by atoms with Gasteiger partial charge in [-0.1, -0.05) is 31.8 Å². The number of carbonyl (C=O) groups is 2. The second kappa shape index (κ2) is 7.44. The Morgan fingerprint density at radius 2 is 1.41 bits per heavy atom. The highest BCUT2D eigenvalue weighted by molar-refractivity contribution is 6.80. The van der Waals surface area contributed by atoms with E-state index in [1.807, 2.05) is 19.6 Å². The van der Waals surface area contributed by atoms with Gasteiger partial charge in [-0.15, -0.1) is 0 Å². The summed E-state index contributed by atoms with van der Waals surface area (Å²) in [6, 6.07) is 7.11. The summed E-state index contributed by atoms with van der Waals surface area (Å²) in [6.45, 7) is 6.11. The van der Waals surface area contributed by atoms with Crippen molar-refractivity contribution in [3.8, 4) is 5.75 Å². The van der Waals surface area contributed by atoms with E-state index < -0.39 is 25.5 Å². The molecule has 0 spiro atoms. The normalized spacial score (nSPS) is 13.9. The Bertz CT molecular complexity index is 518. The van der Waals surface area contributed by atoms with Crippen molar-refractivity contribution in [1.82, 2.24) is 0 Å². The maximum Gasteiger partial charge on any atom is 0.313 e. The Morgan fingerprint density at radius 1 is 0.909 bits per heavy atom. The summed E-state index contributed by atoms with van der Waals surface area (Å²) < 4.78 is 15.0. The van der Waals surface area contributed by atoms with Crippen LogP contribution in [0.1, 0.15) is 11.5 Å². The molecule has 1 rings (SSSR count). The zero-order valence-electron chi connectivity index (χ0n) is 14.0. The molecule has 6 heteroatoms. The molecule has 122 valence electrons. The third-order valence-corrected chi connectivity index (χ3v) is 6.09. The molecule has 0 N–H and O–H groups in total. The fourth-order valence-electron chi connectivity index (χ4n) is 2.52. The van der Waals surface area contributed by atoms with Gasteiger partial charge in [0, 0.05) is 0 Å². The third-order valence-electron chi connectivity index (χ3n) is 3.65. The van der Waals surface area contributed by atoms with E-state index in [1.54, 1.807) is 31.4 Å². The Hall–Kier alpha value is -1.82. The largest absolute Gasteiger partial charge is 0.497 e. The van der Waals surface area contributed by atoms with Crippen LogP contribution >= 0.6 is 0 Å². The number of methoxy groups -OCH3 is 3. The summed E-state index contributed by atoms with van der Waals surface area (Å²) in [7, 11) is 2.23. The fourth-order valence-corrected chi connectivity index (χ4v) is 4.67. The van der Waals surface area contributed by atoms with Crippen LogP contribution in [0.3, 0.4) is 0 Å². The zero-order valence-corrected chi connectivity index (χ0v) is 15.0. The van der Waals surface area contributed by atoms with Gasteiger partial charge in [-0.25, -0.2) is 0 Å². The Kier molecular flexibility index (Phi) is 6.17. The van der Waals surface area contributed by atoms with Crippen molar-refractivity contribution >= 4 is 20.0 Å². The highest BCUT2D eigenvalue weighted by Gasteiger charge is 2.45. The number of hydrogen-bond donors (Lipinski definition) is 0. The predicted octanol–water partition coefficient (Wildman–Crippen LogP) is 2.83. The van der Waals surface area contributed by atoms with Crippen molar-refractivity contribution in [1.29, 1.82) is 0 Å². The van der Waals surface area contributed by atoms with Crippen molar-refractivity contribution in [3.63, 3.8) is 0 Å². The molecule has 0 saturated heterocycles. The van der Waals surface area contributed by atoms with Crippen LogP contribution in [0.2, 0.25) is 25.2 Å². The van der Waals surface area contributed by atoms with Crippen LogP contribution < -0.4 is 4.74 Å². The average molecular weight is 324 g/mol. The van der Waals surface area contributed by atoms with Crippen molar-refractivity contribution in [3.05, 3.63) is 29.8 Å². The van der Waals surface area contributed by atoms with E-state index >= 15 is 0 Å². The highest BCUT2D eigenvalue weighted by Crippen LogP contribution is 2.39. The van der Waals surface area contributed by atoms with E-state index in [4.69, 9.17) is 14.2 Å². The highest BCUT2D eigenvalue weighted by atomic mass is 28.3. The molecular formula is C16H24O5Si. The lowest BCUT2D eigenvalue weighted by molar-refractivity contribution is -0.149. The molecular weight excluding hydrogens is 300 g/mol. The molecule has 0 aliphatic carbocycles. The molecule has 0 unspecified atom stereocenters. The van der Waals surface area contributed by atoms with Crippen LogP contribution in [-0.4, -0.2) is 41.3 Å². The second-order valence-corrected chi connectivity index (χ2v) is 11.5. The lowest BCUT2D eigenvalue weighted by Crippen LogP contribution is -2.41. The molecule has 0 aliphatic rings. The molecule has 1 aromatic carbocycles. The van der Waals surface area contributed by atoms with E-state index in [1.165, 1.54) is 14.2 Å². The minimum Gasteiger partial charge on any atom is -0.497 e. The Labute approximate surface area is 132 Å². The van der Waals surface area contributed by atoms with E-state index in [9.17, 15) is 9.59 Å². The topological polar surface area (TPSA) is 61.8 Å². The standard InChI is InChI=1S/C16H24O5Si/c1-19-12-9-7-11(8-10-12)13(15(17)20-2)14(16(18)21-3)22(4,5)6/h7-10,13-14H,1-6H3/t13-,14+/m0/s1. The molecule has 0 radical (unpaired) electrons. The molecule has 0 bridgehead atoms. The lowest BCUT2D eigenvalue weighted by atomic mass is 9.95. The van der Waals surface area contributed by atoms with Gasteiger partial charge in [-0.3, -0.25) is 9.59 Å². The molecule has 0 amide bonds. The summed E-state index contributed by atoms with van der Waals surface area (Å²) in [5.74, 6) is -0.779. The van der Waals surface area contributed by atoms with Crippen LogP contribution in [-0.2, 0) is 19.1 Å². The van der Waals surface area contributed by atoms with Crippen LogP contribution in [0, 0.1) is 0 Å².